The van der Waals surface area contributed by atoms with Crippen molar-refractivity contribution in [2.75, 3.05) is 14.2 Å². The largest absolute Gasteiger partial charge is 0.493 e. The SMILES string of the molecule is COc1ccnc(Cn2c(C)ncc(I)c2=O)c1OC. The van der Waals surface area contributed by atoms with Crippen molar-refractivity contribution in [1.82, 2.24) is 14.5 Å². The van der Waals surface area contributed by atoms with Gasteiger partial charge in [0.15, 0.2) is 11.5 Å². The molecule has 0 fully saturated rings. The van der Waals surface area contributed by atoms with Gasteiger partial charge >= 0.3 is 0 Å². The molecule has 0 aliphatic carbocycles. The van der Waals surface area contributed by atoms with Crippen molar-refractivity contribution in [2.24, 2.45) is 0 Å². The smallest absolute Gasteiger partial charge is 0.267 e. The number of aromatic nitrogens is 3. The molecule has 106 valence electrons. The molecule has 0 saturated heterocycles. The van der Waals surface area contributed by atoms with Crippen molar-refractivity contribution in [1.29, 1.82) is 0 Å². The van der Waals surface area contributed by atoms with Gasteiger partial charge in [-0.1, -0.05) is 0 Å². The summed E-state index contributed by atoms with van der Waals surface area (Å²) in [6.45, 7) is 2.07. The van der Waals surface area contributed by atoms with Crippen molar-refractivity contribution >= 4 is 22.6 Å². The van der Waals surface area contributed by atoms with E-state index in [1.54, 1.807) is 44.2 Å². The summed E-state index contributed by atoms with van der Waals surface area (Å²) in [5.41, 5.74) is 0.533. The highest BCUT2D eigenvalue weighted by Gasteiger charge is 2.14. The summed E-state index contributed by atoms with van der Waals surface area (Å²) >= 11 is 1.97. The number of hydrogen-bond acceptors (Lipinski definition) is 5. The van der Waals surface area contributed by atoms with Gasteiger partial charge in [0.05, 0.1) is 24.3 Å². The summed E-state index contributed by atoms with van der Waals surface area (Å²) in [6.07, 6.45) is 3.18. The van der Waals surface area contributed by atoms with Crippen LogP contribution in [0.5, 0.6) is 11.5 Å². The number of nitrogens with zero attached hydrogens (tertiary/aromatic N) is 3. The van der Waals surface area contributed by atoms with Gasteiger partial charge in [-0.25, -0.2) is 4.98 Å². The lowest BCUT2D eigenvalue weighted by molar-refractivity contribution is 0.348. The normalized spacial score (nSPS) is 10.4. The Morgan fingerprint density at radius 3 is 2.70 bits per heavy atom. The third kappa shape index (κ3) is 2.77. The molecule has 0 atom stereocenters. The highest BCUT2D eigenvalue weighted by atomic mass is 127. The third-order valence-electron chi connectivity index (χ3n) is 2.88. The van der Waals surface area contributed by atoms with Crippen LogP contribution in [0, 0.1) is 10.5 Å². The topological polar surface area (TPSA) is 66.2 Å². The lowest BCUT2D eigenvalue weighted by Crippen LogP contribution is -2.26. The molecule has 2 aromatic heterocycles. The molecule has 2 rings (SSSR count). The van der Waals surface area contributed by atoms with E-state index in [1.807, 2.05) is 22.6 Å². The minimum atomic E-state index is -0.0928. The van der Waals surface area contributed by atoms with Gasteiger partial charge in [-0.15, -0.1) is 0 Å². The van der Waals surface area contributed by atoms with Gasteiger partial charge in [0.1, 0.15) is 11.5 Å². The lowest BCUT2D eigenvalue weighted by Gasteiger charge is -2.14. The molecule has 0 amide bonds. The lowest BCUT2D eigenvalue weighted by atomic mass is 10.3. The summed E-state index contributed by atoms with van der Waals surface area (Å²) in [4.78, 5) is 20.6. The third-order valence-corrected chi connectivity index (χ3v) is 3.62. The number of hydrogen-bond donors (Lipinski definition) is 0. The van der Waals surface area contributed by atoms with Crippen molar-refractivity contribution < 1.29 is 9.47 Å². The highest BCUT2D eigenvalue weighted by molar-refractivity contribution is 14.1. The second-order valence-corrected chi connectivity index (χ2v) is 5.20. The predicted octanol–water partition coefficient (Wildman–Crippen LogP) is 1.62. The Kier molecular flexibility index (Phi) is 4.58. The van der Waals surface area contributed by atoms with E-state index in [0.29, 0.717) is 26.6 Å². The number of halogens is 1. The van der Waals surface area contributed by atoms with Gasteiger partial charge in [0.25, 0.3) is 5.56 Å². The minimum absolute atomic E-state index is 0.0928. The number of ether oxygens (including phenoxy) is 2. The molecule has 6 nitrogen and oxygen atoms in total. The first-order chi connectivity index (χ1) is 9.58. The summed E-state index contributed by atoms with van der Waals surface area (Å²) in [5.74, 6) is 1.74. The van der Waals surface area contributed by atoms with E-state index >= 15 is 0 Å². The molecule has 0 bridgehead atoms. The second-order valence-electron chi connectivity index (χ2n) is 4.04. The van der Waals surface area contributed by atoms with Crippen LogP contribution in [0.15, 0.2) is 23.3 Å². The maximum absolute atomic E-state index is 12.2. The van der Waals surface area contributed by atoms with Crippen molar-refractivity contribution in [3.05, 3.63) is 43.9 Å². The van der Waals surface area contributed by atoms with Crippen LogP contribution in [-0.2, 0) is 6.54 Å². The molecule has 0 unspecified atom stereocenters. The monoisotopic (exact) mass is 387 g/mol. The molecule has 0 saturated carbocycles. The fraction of sp³-hybridized carbons (Fsp3) is 0.308. The average molecular weight is 387 g/mol. The molecule has 2 aromatic rings. The Morgan fingerprint density at radius 2 is 2.05 bits per heavy atom. The second kappa shape index (κ2) is 6.21. The van der Waals surface area contributed by atoms with E-state index < -0.39 is 0 Å². The van der Waals surface area contributed by atoms with Gasteiger partial charge in [-0.05, 0) is 29.5 Å². The van der Waals surface area contributed by atoms with Gasteiger partial charge in [-0.2, -0.15) is 0 Å². The molecule has 0 N–H and O–H groups in total. The number of rotatable bonds is 4. The molecule has 0 aromatic carbocycles. The molecule has 0 aliphatic heterocycles. The quantitative estimate of drug-likeness (QED) is 0.746. The summed E-state index contributed by atoms with van der Waals surface area (Å²) in [7, 11) is 3.11. The number of pyridine rings is 1. The molecule has 0 radical (unpaired) electrons. The molecule has 0 aliphatic rings. The Balaban J connectivity index is 2.51. The Morgan fingerprint density at radius 1 is 1.30 bits per heavy atom. The van der Waals surface area contributed by atoms with E-state index in [4.69, 9.17) is 9.47 Å². The summed E-state index contributed by atoms with van der Waals surface area (Å²) in [5, 5.41) is 0. The zero-order valence-corrected chi connectivity index (χ0v) is 13.5. The van der Waals surface area contributed by atoms with Crippen molar-refractivity contribution in [2.45, 2.75) is 13.5 Å². The average Bonchev–Trinajstić information content (AvgIpc) is 2.47. The standard InChI is InChI=1S/C13H14IN3O3/c1-8-16-6-9(14)13(18)17(8)7-10-12(20-3)11(19-2)4-5-15-10/h4-6H,7H2,1-3H3. The van der Waals surface area contributed by atoms with Gasteiger partial charge in [0, 0.05) is 18.5 Å². The van der Waals surface area contributed by atoms with Gasteiger partial charge < -0.3 is 9.47 Å². The van der Waals surface area contributed by atoms with E-state index in [0.717, 1.165) is 0 Å². The van der Waals surface area contributed by atoms with Crippen molar-refractivity contribution in [3.8, 4) is 11.5 Å². The Hall–Kier alpha value is -1.64. The molecular formula is C13H14IN3O3. The van der Waals surface area contributed by atoms with E-state index in [-0.39, 0.29) is 12.1 Å². The van der Waals surface area contributed by atoms with Crippen LogP contribution < -0.4 is 15.0 Å². The summed E-state index contributed by atoms with van der Waals surface area (Å²) in [6, 6.07) is 1.71. The van der Waals surface area contributed by atoms with Crippen LogP contribution in [-0.4, -0.2) is 28.8 Å². The van der Waals surface area contributed by atoms with E-state index in [2.05, 4.69) is 9.97 Å². The zero-order valence-electron chi connectivity index (χ0n) is 11.4. The molecule has 7 heteroatoms. The van der Waals surface area contributed by atoms with E-state index in [1.165, 1.54) is 0 Å². The number of methoxy groups -OCH3 is 2. The Bertz CT molecular complexity index is 685. The van der Waals surface area contributed by atoms with Crippen LogP contribution in [0.4, 0.5) is 0 Å². The van der Waals surface area contributed by atoms with E-state index in [9.17, 15) is 4.79 Å². The predicted molar refractivity (Wildman–Crippen MR) is 82.4 cm³/mol. The van der Waals surface area contributed by atoms with Gasteiger partial charge in [-0.3, -0.25) is 14.3 Å². The number of aryl methyl sites for hydroxylation is 1. The summed E-state index contributed by atoms with van der Waals surface area (Å²) < 4.78 is 12.7. The zero-order chi connectivity index (χ0) is 14.7. The minimum Gasteiger partial charge on any atom is -0.493 e. The first-order valence-electron chi connectivity index (χ1n) is 5.86. The van der Waals surface area contributed by atoms with Gasteiger partial charge in [0.2, 0.25) is 0 Å². The molecular weight excluding hydrogens is 373 g/mol. The maximum atomic E-state index is 12.2. The molecule has 2 heterocycles. The van der Waals surface area contributed by atoms with Crippen molar-refractivity contribution in [3.63, 3.8) is 0 Å². The van der Waals surface area contributed by atoms with Crippen LogP contribution in [0.3, 0.4) is 0 Å². The fourth-order valence-electron chi connectivity index (χ4n) is 1.85. The van der Waals surface area contributed by atoms with Crippen LogP contribution in [0.1, 0.15) is 11.5 Å². The van der Waals surface area contributed by atoms with Crippen LogP contribution in [0.2, 0.25) is 0 Å². The van der Waals surface area contributed by atoms with Crippen LogP contribution in [0.25, 0.3) is 0 Å². The maximum Gasteiger partial charge on any atom is 0.267 e. The fourth-order valence-corrected chi connectivity index (χ4v) is 2.28. The first kappa shape index (κ1) is 14.8. The highest BCUT2D eigenvalue weighted by Crippen LogP contribution is 2.29. The Labute approximate surface area is 129 Å². The molecule has 20 heavy (non-hydrogen) atoms. The van der Waals surface area contributed by atoms with Crippen LogP contribution >= 0.6 is 22.6 Å². The molecule has 0 spiro atoms. The first-order valence-corrected chi connectivity index (χ1v) is 6.94.